The van der Waals surface area contributed by atoms with Gasteiger partial charge in [0, 0.05) is 29.2 Å². The quantitative estimate of drug-likeness (QED) is 0.464. The highest BCUT2D eigenvalue weighted by atomic mass is 35.5. The highest BCUT2D eigenvalue weighted by Gasteiger charge is 2.70. The summed E-state index contributed by atoms with van der Waals surface area (Å²) in [4.78, 5) is 2.73. The first-order chi connectivity index (χ1) is 16.0. The predicted octanol–water partition coefficient (Wildman–Crippen LogP) is 5.96. The van der Waals surface area contributed by atoms with Gasteiger partial charge in [-0.25, -0.2) is 8.42 Å². The summed E-state index contributed by atoms with van der Waals surface area (Å²) in [6, 6.07) is 25.6. The molecule has 2 fully saturated rings. The van der Waals surface area contributed by atoms with Crippen LogP contribution in [0.5, 0.6) is 0 Å². The van der Waals surface area contributed by atoms with E-state index in [9.17, 15) is 8.42 Å². The lowest BCUT2D eigenvalue weighted by Gasteiger charge is -2.53. The number of hydrogen-bond acceptors (Lipinski definition) is 3. The van der Waals surface area contributed by atoms with Gasteiger partial charge in [-0.2, -0.15) is 4.31 Å². The largest absolute Gasteiger partial charge is 0.347 e. The number of rotatable bonds is 4. The number of hydrogen-bond donors (Lipinski definition) is 0. The van der Waals surface area contributed by atoms with Crippen LogP contribution in [0.25, 0.3) is 0 Å². The van der Waals surface area contributed by atoms with Crippen LogP contribution in [0.15, 0.2) is 83.8 Å². The highest BCUT2D eigenvalue weighted by molar-refractivity contribution is 7.89. The fourth-order valence-electron chi connectivity index (χ4n) is 6.76. The van der Waals surface area contributed by atoms with Crippen molar-refractivity contribution in [3.05, 3.63) is 95.0 Å². The summed E-state index contributed by atoms with van der Waals surface area (Å²) >= 11 is 6.08. The Labute approximate surface area is 200 Å². The van der Waals surface area contributed by atoms with Gasteiger partial charge in [0.15, 0.2) is 0 Å². The van der Waals surface area contributed by atoms with Gasteiger partial charge in [0.25, 0.3) is 0 Å². The number of fused-ring (bicyclic) bond motifs is 1. The van der Waals surface area contributed by atoms with Gasteiger partial charge < -0.3 is 4.90 Å². The zero-order chi connectivity index (χ0) is 22.7. The van der Waals surface area contributed by atoms with E-state index in [-0.39, 0.29) is 5.41 Å². The molecule has 2 atom stereocenters. The first-order valence-electron chi connectivity index (χ1n) is 11.7. The van der Waals surface area contributed by atoms with Gasteiger partial charge in [-0.15, -0.1) is 0 Å². The van der Waals surface area contributed by atoms with Crippen molar-refractivity contribution < 1.29 is 8.42 Å². The van der Waals surface area contributed by atoms with E-state index in [0.717, 1.165) is 32.1 Å². The van der Waals surface area contributed by atoms with Crippen molar-refractivity contribution in [1.29, 1.82) is 0 Å². The average molecular weight is 479 g/mol. The first-order valence-corrected chi connectivity index (χ1v) is 13.5. The van der Waals surface area contributed by atoms with Gasteiger partial charge in [-0.3, -0.25) is 0 Å². The third-order valence-corrected chi connectivity index (χ3v) is 10.2. The minimum atomic E-state index is -3.70. The normalized spacial score (nSPS) is 26.6. The van der Waals surface area contributed by atoms with E-state index in [0.29, 0.717) is 23.0 Å². The van der Waals surface area contributed by atoms with Gasteiger partial charge >= 0.3 is 0 Å². The maximum Gasteiger partial charge on any atom is 0.245 e. The fraction of sp³-hybridized carbons (Fsp3) is 0.333. The van der Waals surface area contributed by atoms with Crippen molar-refractivity contribution in [2.75, 3.05) is 11.4 Å². The monoisotopic (exact) mass is 478 g/mol. The molecule has 0 radical (unpaired) electrons. The van der Waals surface area contributed by atoms with Crippen LogP contribution in [-0.2, 0) is 22.0 Å². The van der Waals surface area contributed by atoms with E-state index in [1.807, 2.05) is 10.4 Å². The van der Waals surface area contributed by atoms with E-state index >= 15 is 0 Å². The topological polar surface area (TPSA) is 40.6 Å². The summed E-state index contributed by atoms with van der Waals surface area (Å²) in [5.74, 6) is 0. The van der Waals surface area contributed by atoms with Gasteiger partial charge in [-0.1, -0.05) is 66.6 Å². The number of benzene rings is 3. The van der Waals surface area contributed by atoms with E-state index in [1.165, 1.54) is 16.8 Å². The molecular formula is C27H27ClN2O2S. The lowest BCUT2D eigenvalue weighted by molar-refractivity contribution is 0.104. The summed E-state index contributed by atoms with van der Waals surface area (Å²) in [5, 5.41) is 0.541. The Hall–Kier alpha value is -2.34. The van der Waals surface area contributed by atoms with Crippen LogP contribution < -0.4 is 4.90 Å². The Balaban J connectivity index is 1.56. The molecule has 4 nitrogen and oxygen atoms in total. The van der Waals surface area contributed by atoms with Crippen LogP contribution in [-0.4, -0.2) is 24.9 Å². The molecule has 1 saturated heterocycles. The van der Waals surface area contributed by atoms with Crippen LogP contribution in [0.4, 0.5) is 5.69 Å². The molecule has 0 bridgehead atoms. The Bertz CT molecular complexity index is 1300. The van der Waals surface area contributed by atoms with Crippen molar-refractivity contribution >= 4 is 27.3 Å². The molecule has 2 aliphatic heterocycles. The second-order valence-corrected chi connectivity index (χ2v) is 11.8. The van der Waals surface area contributed by atoms with Crippen LogP contribution in [0.3, 0.4) is 0 Å². The minimum absolute atomic E-state index is 0.184. The second-order valence-electron chi connectivity index (χ2n) is 9.48. The Morgan fingerprint density at radius 1 is 0.818 bits per heavy atom. The molecular weight excluding hydrogens is 452 g/mol. The third-order valence-electron chi connectivity index (χ3n) is 8.04. The molecule has 0 aromatic heterocycles. The van der Waals surface area contributed by atoms with Gasteiger partial charge in [0.2, 0.25) is 10.0 Å². The third kappa shape index (κ3) is 2.89. The average Bonchev–Trinajstić information content (AvgIpc) is 3.31. The van der Waals surface area contributed by atoms with Crippen LogP contribution >= 0.6 is 11.6 Å². The van der Waals surface area contributed by atoms with Gasteiger partial charge in [-0.05, 0) is 67.1 Å². The number of nitrogens with zero attached hydrogens (tertiary/aromatic N) is 2. The Kier molecular flexibility index (Phi) is 4.88. The van der Waals surface area contributed by atoms with E-state index in [2.05, 4.69) is 53.4 Å². The van der Waals surface area contributed by atoms with Crippen molar-refractivity contribution in [2.24, 2.45) is 0 Å². The zero-order valence-electron chi connectivity index (χ0n) is 18.5. The standard InChI is InChI=1S/C27H27ClN2O2S/c28-22-12-14-23(15-13-22)33(31,32)30-19-18-26-16-6-7-17-27(26,30)29(20-21-8-2-1-3-9-21)25-11-5-4-10-24(25)26/h1-5,8-15H,6-7,16-20H2/t26-,27-/m1/s1. The molecule has 0 unspecified atom stereocenters. The van der Waals surface area contributed by atoms with Crippen molar-refractivity contribution in [3.63, 3.8) is 0 Å². The maximum atomic E-state index is 14.1. The van der Waals surface area contributed by atoms with Crippen molar-refractivity contribution in [1.82, 2.24) is 4.31 Å². The number of para-hydroxylation sites is 1. The second kappa shape index (κ2) is 7.59. The summed E-state index contributed by atoms with van der Waals surface area (Å²) < 4.78 is 30.1. The molecule has 6 heteroatoms. The molecule has 1 saturated carbocycles. The minimum Gasteiger partial charge on any atom is -0.347 e. The van der Waals surface area contributed by atoms with E-state index < -0.39 is 15.7 Å². The fourth-order valence-corrected chi connectivity index (χ4v) is 8.72. The maximum absolute atomic E-state index is 14.1. The number of anilines is 1. The molecule has 6 rings (SSSR count). The molecule has 170 valence electrons. The summed E-state index contributed by atoms with van der Waals surface area (Å²) in [6.07, 6.45) is 4.85. The smallest absolute Gasteiger partial charge is 0.245 e. The first kappa shape index (κ1) is 21.2. The van der Waals surface area contributed by atoms with Crippen molar-refractivity contribution in [2.45, 2.75) is 54.6 Å². The molecule has 3 aliphatic rings. The number of halogens is 1. The number of sulfonamides is 1. The summed E-state index contributed by atoms with van der Waals surface area (Å²) in [7, 11) is -3.70. The van der Waals surface area contributed by atoms with Gasteiger partial charge in [0.1, 0.15) is 5.66 Å². The summed E-state index contributed by atoms with van der Waals surface area (Å²) in [5.41, 5.74) is 2.91. The molecule has 3 aromatic rings. The molecule has 0 N–H and O–H groups in total. The highest BCUT2D eigenvalue weighted by Crippen LogP contribution is 2.65. The predicted molar refractivity (Wildman–Crippen MR) is 132 cm³/mol. The Morgan fingerprint density at radius 2 is 1.52 bits per heavy atom. The van der Waals surface area contributed by atoms with Crippen LogP contribution in [0.2, 0.25) is 5.02 Å². The summed E-state index contributed by atoms with van der Waals surface area (Å²) in [6.45, 7) is 1.22. The van der Waals surface area contributed by atoms with E-state index in [4.69, 9.17) is 11.6 Å². The molecule has 0 spiro atoms. The molecule has 1 aliphatic carbocycles. The Morgan fingerprint density at radius 3 is 2.30 bits per heavy atom. The van der Waals surface area contributed by atoms with Crippen molar-refractivity contribution in [3.8, 4) is 0 Å². The molecule has 0 amide bonds. The lowest BCUT2D eigenvalue weighted by Crippen LogP contribution is -2.65. The van der Waals surface area contributed by atoms with Crippen LogP contribution in [0.1, 0.15) is 43.2 Å². The molecule has 33 heavy (non-hydrogen) atoms. The molecule has 2 heterocycles. The van der Waals surface area contributed by atoms with E-state index in [1.54, 1.807) is 24.3 Å². The lowest BCUT2D eigenvalue weighted by atomic mass is 9.64. The SMILES string of the molecule is O=S(=O)(c1ccc(Cl)cc1)N1CC[C@@]23CCCC[C@@]12N(Cc1ccccc1)c1ccccc13. The zero-order valence-corrected chi connectivity index (χ0v) is 20.0. The molecule has 3 aromatic carbocycles. The van der Waals surface area contributed by atoms with Gasteiger partial charge in [0.05, 0.1) is 4.90 Å². The van der Waals surface area contributed by atoms with Crippen LogP contribution in [0, 0.1) is 0 Å².